The van der Waals surface area contributed by atoms with E-state index in [-0.39, 0.29) is 5.41 Å². The van der Waals surface area contributed by atoms with Gasteiger partial charge in [0.05, 0.1) is 11.6 Å². The monoisotopic (exact) mass is 401 g/mol. The summed E-state index contributed by atoms with van der Waals surface area (Å²) in [6, 6.07) is 28.4. The largest absolute Gasteiger partial charge is 0.450 e. The first-order chi connectivity index (χ1) is 15.1. The standard InChI is InChI=1S/C28H19NO2/c1-28(2)22-10-6-5-9-20(22)21-14-26-27(15-23(21)28)30-24-12-11-17(13-25(24)31-26)19-8-4-3-7-18(19)16-29/h3-15H,1-2H3. The Bertz CT molecular complexity index is 1430. The van der Waals surface area contributed by atoms with Gasteiger partial charge in [0.15, 0.2) is 23.0 Å². The van der Waals surface area contributed by atoms with Gasteiger partial charge in [0.2, 0.25) is 0 Å². The molecule has 3 heteroatoms. The second-order valence-electron chi connectivity index (χ2n) is 8.54. The molecule has 2 aliphatic rings. The normalized spacial score (nSPS) is 14.2. The number of ether oxygens (including phenoxy) is 2. The Morgan fingerprint density at radius 3 is 2.16 bits per heavy atom. The van der Waals surface area contributed by atoms with Crippen molar-refractivity contribution in [3.05, 3.63) is 95.6 Å². The van der Waals surface area contributed by atoms with Gasteiger partial charge in [-0.3, -0.25) is 0 Å². The highest BCUT2D eigenvalue weighted by atomic mass is 16.6. The van der Waals surface area contributed by atoms with Gasteiger partial charge in [-0.25, -0.2) is 0 Å². The van der Waals surface area contributed by atoms with Crippen molar-refractivity contribution in [2.75, 3.05) is 0 Å². The fraction of sp³-hybridized carbons (Fsp3) is 0.107. The molecule has 6 rings (SSSR count). The maximum Gasteiger partial charge on any atom is 0.170 e. The lowest BCUT2D eigenvalue weighted by Gasteiger charge is -2.25. The smallest absolute Gasteiger partial charge is 0.170 e. The van der Waals surface area contributed by atoms with E-state index < -0.39 is 0 Å². The van der Waals surface area contributed by atoms with Crippen molar-refractivity contribution >= 4 is 0 Å². The first-order valence-electron chi connectivity index (χ1n) is 10.3. The molecule has 0 unspecified atom stereocenters. The summed E-state index contributed by atoms with van der Waals surface area (Å²) in [7, 11) is 0. The van der Waals surface area contributed by atoms with E-state index in [1.807, 2.05) is 42.5 Å². The lowest BCUT2D eigenvalue weighted by molar-refractivity contribution is 0.359. The fourth-order valence-electron chi connectivity index (χ4n) is 4.78. The molecule has 1 heterocycles. The van der Waals surface area contributed by atoms with Crippen LogP contribution in [0.2, 0.25) is 0 Å². The summed E-state index contributed by atoms with van der Waals surface area (Å²) in [6.45, 7) is 4.50. The molecule has 0 spiro atoms. The Morgan fingerprint density at radius 2 is 1.32 bits per heavy atom. The molecule has 0 radical (unpaired) electrons. The molecule has 0 atom stereocenters. The summed E-state index contributed by atoms with van der Waals surface area (Å²) in [5.74, 6) is 2.78. The van der Waals surface area contributed by atoms with Crippen LogP contribution in [0.4, 0.5) is 0 Å². The summed E-state index contributed by atoms with van der Waals surface area (Å²) in [6.07, 6.45) is 0. The molecule has 148 valence electrons. The van der Waals surface area contributed by atoms with E-state index in [4.69, 9.17) is 9.47 Å². The third-order valence-electron chi connectivity index (χ3n) is 6.39. The van der Waals surface area contributed by atoms with E-state index in [1.165, 1.54) is 22.3 Å². The number of nitriles is 1. The van der Waals surface area contributed by atoms with Gasteiger partial charge in [0, 0.05) is 5.41 Å². The molecule has 4 aromatic rings. The van der Waals surface area contributed by atoms with Crippen LogP contribution in [-0.4, -0.2) is 0 Å². The van der Waals surface area contributed by atoms with Crippen LogP contribution in [0, 0.1) is 11.3 Å². The number of hydrogen-bond acceptors (Lipinski definition) is 3. The Kier molecular flexibility index (Phi) is 3.58. The third kappa shape index (κ3) is 2.52. The minimum absolute atomic E-state index is 0.0878. The van der Waals surface area contributed by atoms with E-state index >= 15 is 0 Å². The number of hydrogen-bond donors (Lipinski definition) is 0. The first kappa shape index (κ1) is 17.8. The van der Waals surface area contributed by atoms with Gasteiger partial charge in [-0.1, -0.05) is 62.4 Å². The van der Waals surface area contributed by atoms with E-state index in [0.717, 1.165) is 16.9 Å². The van der Waals surface area contributed by atoms with Gasteiger partial charge >= 0.3 is 0 Å². The second kappa shape index (κ2) is 6.23. The first-order valence-corrected chi connectivity index (χ1v) is 10.3. The molecule has 1 aliphatic carbocycles. The molecule has 0 saturated heterocycles. The fourth-order valence-corrected chi connectivity index (χ4v) is 4.78. The summed E-state index contributed by atoms with van der Waals surface area (Å²) < 4.78 is 12.6. The summed E-state index contributed by atoms with van der Waals surface area (Å²) >= 11 is 0. The van der Waals surface area contributed by atoms with Gasteiger partial charge < -0.3 is 9.47 Å². The van der Waals surface area contributed by atoms with Gasteiger partial charge in [-0.05, 0) is 63.7 Å². The molecule has 0 amide bonds. The van der Waals surface area contributed by atoms with Crippen LogP contribution in [0.1, 0.15) is 30.5 Å². The van der Waals surface area contributed by atoms with Crippen LogP contribution in [-0.2, 0) is 5.41 Å². The van der Waals surface area contributed by atoms with Crippen LogP contribution in [0.3, 0.4) is 0 Å². The highest BCUT2D eigenvalue weighted by molar-refractivity contribution is 5.83. The number of rotatable bonds is 1. The van der Waals surface area contributed by atoms with Gasteiger partial charge in [0.25, 0.3) is 0 Å². The van der Waals surface area contributed by atoms with E-state index in [2.05, 4.69) is 56.3 Å². The van der Waals surface area contributed by atoms with Gasteiger partial charge in [-0.2, -0.15) is 5.26 Å². The van der Waals surface area contributed by atoms with Crippen molar-refractivity contribution in [2.45, 2.75) is 19.3 Å². The van der Waals surface area contributed by atoms with Crippen molar-refractivity contribution in [2.24, 2.45) is 0 Å². The number of fused-ring (bicyclic) bond motifs is 5. The number of benzene rings is 4. The predicted octanol–water partition coefficient (Wildman–Crippen LogP) is 7.43. The number of nitrogens with zero attached hydrogens (tertiary/aromatic N) is 1. The van der Waals surface area contributed by atoms with E-state index in [9.17, 15) is 5.26 Å². The molecule has 3 nitrogen and oxygen atoms in total. The molecule has 0 fully saturated rings. The summed E-state index contributed by atoms with van der Waals surface area (Å²) in [5.41, 5.74) is 7.36. The molecular weight excluding hydrogens is 382 g/mol. The van der Waals surface area contributed by atoms with Crippen LogP contribution >= 0.6 is 0 Å². The van der Waals surface area contributed by atoms with Crippen LogP contribution in [0.5, 0.6) is 23.0 Å². The average Bonchev–Trinajstić information content (AvgIpc) is 3.02. The highest BCUT2D eigenvalue weighted by Crippen LogP contribution is 2.55. The van der Waals surface area contributed by atoms with Crippen molar-refractivity contribution in [3.63, 3.8) is 0 Å². The lowest BCUT2D eigenvalue weighted by atomic mass is 9.82. The van der Waals surface area contributed by atoms with E-state index in [0.29, 0.717) is 22.8 Å². The molecule has 1 aliphatic heterocycles. The maximum absolute atomic E-state index is 9.45. The molecule has 31 heavy (non-hydrogen) atoms. The van der Waals surface area contributed by atoms with Crippen molar-refractivity contribution in [3.8, 4) is 51.3 Å². The van der Waals surface area contributed by atoms with Crippen molar-refractivity contribution < 1.29 is 9.47 Å². The second-order valence-corrected chi connectivity index (χ2v) is 8.54. The van der Waals surface area contributed by atoms with E-state index in [1.54, 1.807) is 0 Å². The highest BCUT2D eigenvalue weighted by Gasteiger charge is 2.37. The molecule has 0 bridgehead atoms. The molecular formula is C28H19NO2. The maximum atomic E-state index is 9.45. The van der Waals surface area contributed by atoms with Crippen LogP contribution in [0.25, 0.3) is 22.3 Å². The Balaban J connectivity index is 1.45. The lowest BCUT2D eigenvalue weighted by Crippen LogP contribution is -2.15. The topological polar surface area (TPSA) is 42.2 Å². The Labute approximate surface area is 181 Å². The van der Waals surface area contributed by atoms with Crippen LogP contribution < -0.4 is 9.47 Å². The quantitative estimate of drug-likeness (QED) is 0.293. The minimum atomic E-state index is -0.0878. The van der Waals surface area contributed by atoms with Gasteiger partial charge in [0.1, 0.15) is 0 Å². The summed E-state index contributed by atoms with van der Waals surface area (Å²) in [5, 5.41) is 9.45. The molecule has 0 saturated carbocycles. The van der Waals surface area contributed by atoms with Crippen molar-refractivity contribution in [1.29, 1.82) is 5.26 Å². The predicted molar refractivity (Wildman–Crippen MR) is 121 cm³/mol. The Morgan fingerprint density at radius 1 is 0.645 bits per heavy atom. The van der Waals surface area contributed by atoms with Gasteiger partial charge in [-0.15, -0.1) is 0 Å². The summed E-state index contributed by atoms with van der Waals surface area (Å²) in [4.78, 5) is 0. The zero-order valence-electron chi connectivity index (χ0n) is 17.3. The SMILES string of the molecule is CC1(C)c2ccccc2-c2cc3c(cc21)Oc1ccc(-c2ccccc2C#N)cc1O3. The molecule has 0 N–H and O–H groups in total. The van der Waals surface area contributed by atoms with Crippen molar-refractivity contribution in [1.82, 2.24) is 0 Å². The van der Waals surface area contributed by atoms with Crippen LogP contribution in [0.15, 0.2) is 78.9 Å². The molecule has 4 aromatic carbocycles. The minimum Gasteiger partial charge on any atom is -0.450 e. The zero-order valence-corrected chi connectivity index (χ0v) is 17.3. The molecule has 0 aromatic heterocycles. The average molecular weight is 401 g/mol. The zero-order chi connectivity index (χ0) is 21.2. The third-order valence-corrected chi connectivity index (χ3v) is 6.39. The Hall–Kier alpha value is -4.03.